The quantitative estimate of drug-likeness (QED) is 0.0273. The number of nitrogens with one attached hydrogen (secondary N) is 1. The van der Waals surface area contributed by atoms with Gasteiger partial charge >= 0.3 is 0 Å². The Bertz CT molecular complexity index is 1240. The third-order valence-electron chi connectivity index (χ3n) is 11.0. The molecule has 0 saturated heterocycles. The SMILES string of the molecule is CC/C=C\C/C=C\C/C=C\C/C=C\C/C=C\C/C=C\CCCCCCCCCCCCCCCCC(=O)NC(COP(=O)([O-])OCC[N+](C)(C)C)C(O)CCCCCCCCC. The second-order valence-electron chi connectivity index (χ2n) is 18.1. The molecule has 0 heterocycles. The van der Waals surface area contributed by atoms with E-state index in [0.717, 1.165) is 77.0 Å². The van der Waals surface area contributed by atoms with E-state index in [2.05, 4.69) is 92.1 Å². The minimum absolute atomic E-state index is 0.00955. The Hall–Kier alpha value is -2.06. The molecule has 9 heteroatoms. The number of carbonyl (C=O) groups excluding carboxylic acids is 1. The number of likely N-dealkylation sites (N-methyl/N-ethyl adjacent to an activating group) is 1. The Morgan fingerprint density at radius 2 is 0.984 bits per heavy atom. The highest BCUT2D eigenvalue weighted by atomic mass is 31.2. The van der Waals surface area contributed by atoms with Gasteiger partial charge in [-0.05, 0) is 64.2 Å². The maximum Gasteiger partial charge on any atom is 0.268 e. The van der Waals surface area contributed by atoms with E-state index in [1.165, 1.54) is 103 Å². The largest absolute Gasteiger partial charge is 0.756 e. The lowest BCUT2D eigenvalue weighted by molar-refractivity contribution is -0.870. The number of rotatable bonds is 45. The molecule has 8 nitrogen and oxygen atoms in total. The van der Waals surface area contributed by atoms with Crippen LogP contribution in [0.4, 0.5) is 0 Å². The van der Waals surface area contributed by atoms with Crippen molar-refractivity contribution in [3.05, 3.63) is 72.9 Å². The van der Waals surface area contributed by atoms with Gasteiger partial charge in [-0.25, -0.2) is 0 Å². The number of aliphatic hydroxyl groups excluding tert-OH is 1. The fourth-order valence-electron chi connectivity index (χ4n) is 6.98. The Kier molecular flexibility index (Phi) is 42.7. The molecule has 3 unspecified atom stereocenters. The maximum atomic E-state index is 12.8. The summed E-state index contributed by atoms with van der Waals surface area (Å²) in [5.41, 5.74) is 0. The van der Waals surface area contributed by atoms with Crippen molar-refractivity contribution < 1.29 is 32.9 Å². The fourth-order valence-corrected chi connectivity index (χ4v) is 7.71. The summed E-state index contributed by atoms with van der Waals surface area (Å²) in [6, 6.07) is -0.800. The van der Waals surface area contributed by atoms with E-state index in [9.17, 15) is 19.4 Å². The van der Waals surface area contributed by atoms with Crippen molar-refractivity contribution in [2.24, 2.45) is 0 Å². The lowest BCUT2D eigenvalue weighted by atomic mass is 10.0. The normalized spacial score (nSPS) is 14.8. The number of hydrogen-bond acceptors (Lipinski definition) is 6. The van der Waals surface area contributed by atoms with E-state index in [4.69, 9.17) is 9.05 Å². The molecule has 0 aromatic rings. The van der Waals surface area contributed by atoms with Crippen molar-refractivity contribution in [2.75, 3.05) is 40.9 Å². The van der Waals surface area contributed by atoms with E-state index in [1.807, 2.05) is 21.1 Å². The van der Waals surface area contributed by atoms with Crippen LogP contribution in [0, 0.1) is 0 Å². The van der Waals surface area contributed by atoms with Crippen molar-refractivity contribution in [2.45, 2.75) is 219 Å². The Labute approximate surface area is 383 Å². The van der Waals surface area contributed by atoms with Crippen LogP contribution in [-0.4, -0.2) is 68.5 Å². The third-order valence-corrected chi connectivity index (χ3v) is 11.9. The zero-order valence-corrected chi connectivity index (χ0v) is 41.7. The van der Waals surface area contributed by atoms with Gasteiger partial charge in [0.05, 0.1) is 39.9 Å². The van der Waals surface area contributed by atoms with Crippen molar-refractivity contribution in [3.63, 3.8) is 0 Å². The average molecular weight is 889 g/mol. The molecule has 62 heavy (non-hydrogen) atoms. The zero-order valence-electron chi connectivity index (χ0n) is 40.8. The number of aliphatic hydroxyl groups is 1. The first-order valence-corrected chi connectivity index (χ1v) is 26.7. The summed E-state index contributed by atoms with van der Waals surface area (Å²) in [4.78, 5) is 25.3. The van der Waals surface area contributed by atoms with E-state index >= 15 is 0 Å². The Balaban J connectivity index is 3.95. The van der Waals surface area contributed by atoms with Crippen molar-refractivity contribution in [1.29, 1.82) is 0 Å². The number of phosphoric ester groups is 1. The summed E-state index contributed by atoms with van der Waals surface area (Å²) in [6.45, 7) is 4.54. The molecule has 0 rings (SSSR count). The zero-order chi connectivity index (χ0) is 45.7. The molecule has 3 atom stereocenters. The standard InChI is InChI=1S/C53H97N2O6P/c1-6-8-10-12-14-15-16-17-18-19-20-21-22-23-24-25-26-27-28-29-30-31-32-33-34-35-36-37-38-39-41-43-45-47-53(57)54-51(52(56)46-44-42-40-13-11-9-7-2)50-61-62(58,59)60-49-48-55(3,4)5/h8,10,14-15,17-18,20-21,23-24,26-27,51-52,56H,6-7,9,11-13,16,19,22,25,28-50H2,1-5H3,(H-,54,57,58,59)/b10-8-,15-14-,18-17-,21-20-,24-23-,27-26-. The van der Waals surface area contributed by atoms with Crippen LogP contribution in [0.2, 0.25) is 0 Å². The molecule has 0 radical (unpaired) electrons. The number of amides is 1. The monoisotopic (exact) mass is 889 g/mol. The molecule has 0 aliphatic carbocycles. The van der Waals surface area contributed by atoms with Gasteiger partial charge in [-0.1, -0.05) is 209 Å². The first-order valence-electron chi connectivity index (χ1n) is 25.3. The van der Waals surface area contributed by atoms with Crippen LogP contribution < -0.4 is 10.2 Å². The molecular formula is C53H97N2O6P. The van der Waals surface area contributed by atoms with Crippen LogP contribution >= 0.6 is 7.82 Å². The fraction of sp³-hybridized carbons (Fsp3) is 0.755. The average Bonchev–Trinajstić information content (AvgIpc) is 3.23. The molecule has 0 aromatic heterocycles. The highest BCUT2D eigenvalue weighted by molar-refractivity contribution is 7.45. The van der Waals surface area contributed by atoms with Crippen molar-refractivity contribution in [1.82, 2.24) is 5.32 Å². The Morgan fingerprint density at radius 1 is 0.581 bits per heavy atom. The predicted molar refractivity (Wildman–Crippen MR) is 265 cm³/mol. The highest BCUT2D eigenvalue weighted by Crippen LogP contribution is 2.38. The van der Waals surface area contributed by atoms with Crippen LogP contribution in [0.3, 0.4) is 0 Å². The second-order valence-corrected chi connectivity index (χ2v) is 19.6. The molecule has 0 bridgehead atoms. The van der Waals surface area contributed by atoms with Gasteiger partial charge in [0.25, 0.3) is 7.82 Å². The van der Waals surface area contributed by atoms with Gasteiger partial charge < -0.3 is 28.8 Å². The minimum Gasteiger partial charge on any atom is -0.756 e. The number of quaternary nitrogens is 1. The smallest absolute Gasteiger partial charge is 0.268 e. The number of allylic oxidation sites excluding steroid dienone is 12. The van der Waals surface area contributed by atoms with Gasteiger partial charge in [0.15, 0.2) is 0 Å². The molecule has 360 valence electrons. The minimum atomic E-state index is -4.56. The highest BCUT2D eigenvalue weighted by Gasteiger charge is 2.24. The third kappa shape index (κ3) is 45.9. The van der Waals surface area contributed by atoms with Gasteiger partial charge in [0.1, 0.15) is 13.2 Å². The topological polar surface area (TPSA) is 108 Å². The molecule has 0 aliphatic rings. The van der Waals surface area contributed by atoms with Crippen LogP contribution in [0.25, 0.3) is 0 Å². The van der Waals surface area contributed by atoms with Crippen molar-refractivity contribution >= 4 is 13.7 Å². The summed E-state index contributed by atoms with van der Waals surface area (Å²) in [7, 11) is 1.30. The Morgan fingerprint density at radius 3 is 1.44 bits per heavy atom. The van der Waals surface area contributed by atoms with Gasteiger partial charge in [0.2, 0.25) is 5.91 Å². The number of nitrogens with zero attached hydrogens (tertiary/aromatic N) is 1. The predicted octanol–water partition coefficient (Wildman–Crippen LogP) is 14.1. The van der Waals surface area contributed by atoms with Gasteiger partial charge in [-0.2, -0.15) is 0 Å². The number of carbonyl (C=O) groups is 1. The van der Waals surface area contributed by atoms with Crippen LogP contribution in [0.1, 0.15) is 206 Å². The molecule has 0 aromatic carbocycles. The molecule has 0 saturated carbocycles. The van der Waals surface area contributed by atoms with Crippen LogP contribution in [0.5, 0.6) is 0 Å². The molecular weight excluding hydrogens is 792 g/mol. The van der Waals surface area contributed by atoms with E-state index in [1.54, 1.807) is 0 Å². The van der Waals surface area contributed by atoms with Crippen molar-refractivity contribution in [3.8, 4) is 0 Å². The first kappa shape index (κ1) is 59.9. The van der Waals surface area contributed by atoms with Gasteiger partial charge in [0, 0.05) is 6.42 Å². The van der Waals surface area contributed by atoms with Crippen LogP contribution in [0.15, 0.2) is 72.9 Å². The lowest BCUT2D eigenvalue weighted by Crippen LogP contribution is -2.46. The second kappa shape index (κ2) is 44.2. The summed E-state index contributed by atoms with van der Waals surface area (Å²) in [5.74, 6) is -0.172. The van der Waals surface area contributed by atoms with E-state index < -0.39 is 20.0 Å². The molecule has 2 N–H and O–H groups in total. The van der Waals surface area contributed by atoms with Gasteiger partial charge in [-0.15, -0.1) is 0 Å². The molecule has 1 amide bonds. The maximum absolute atomic E-state index is 12.8. The van der Waals surface area contributed by atoms with Gasteiger partial charge in [-0.3, -0.25) is 9.36 Å². The number of phosphoric acid groups is 1. The molecule has 0 aliphatic heterocycles. The summed E-state index contributed by atoms with van der Waals surface area (Å²) in [6.07, 6.45) is 59.5. The molecule has 0 spiro atoms. The summed E-state index contributed by atoms with van der Waals surface area (Å²) < 4.78 is 23.2. The first-order chi connectivity index (χ1) is 30.0. The number of unbranched alkanes of at least 4 members (excludes halogenated alkanes) is 20. The van der Waals surface area contributed by atoms with E-state index in [-0.39, 0.29) is 19.1 Å². The van der Waals surface area contributed by atoms with E-state index in [0.29, 0.717) is 23.9 Å². The lowest BCUT2D eigenvalue weighted by Gasteiger charge is -2.30. The van der Waals surface area contributed by atoms with Crippen LogP contribution in [-0.2, 0) is 18.4 Å². The number of hydrogen-bond donors (Lipinski definition) is 2. The summed E-state index contributed by atoms with van der Waals surface area (Å²) in [5, 5.41) is 13.8. The summed E-state index contributed by atoms with van der Waals surface area (Å²) >= 11 is 0. The molecule has 0 fully saturated rings.